The van der Waals surface area contributed by atoms with Gasteiger partial charge in [0.2, 0.25) is 0 Å². The molecule has 1 unspecified atom stereocenters. The van der Waals surface area contributed by atoms with E-state index in [0.717, 1.165) is 11.8 Å². The minimum atomic E-state index is -0.468. The van der Waals surface area contributed by atoms with Crippen LogP contribution in [0.5, 0.6) is 5.75 Å². The molecular formula is C13H11BrClFN2O. The summed E-state index contributed by atoms with van der Waals surface area (Å²) in [5, 5.41) is 13.2. The van der Waals surface area contributed by atoms with Gasteiger partial charge >= 0.3 is 0 Å². The number of pyridine rings is 1. The number of hydrogen-bond acceptors (Lipinski definition) is 3. The van der Waals surface area contributed by atoms with Gasteiger partial charge in [-0.3, -0.25) is 0 Å². The van der Waals surface area contributed by atoms with Gasteiger partial charge in [0.25, 0.3) is 0 Å². The summed E-state index contributed by atoms with van der Waals surface area (Å²) in [5.41, 5.74) is 1.35. The Hall–Kier alpha value is -1.33. The summed E-state index contributed by atoms with van der Waals surface area (Å²) in [6.45, 7) is 1.86. The number of nitrogens with zero attached hydrogens (tertiary/aromatic N) is 1. The first-order chi connectivity index (χ1) is 8.97. The van der Waals surface area contributed by atoms with E-state index in [9.17, 15) is 9.50 Å². The van der Waals surface area contributed by atoms with Gasteiger partial charge in [-0.15, -0.1) is 0 Å². The molecule has 2 N–H and O–H groups in total. The quantitative estimate of drug-likeness (QED) is 0.804. The number of hydrogen-bond donors (Lipinski definition) is 2. The predicted octanol–water partition coefficient (Wildman–Crippen LogP) is 4.52. The molecule has 0 aliphatic heterocycles. The number of phenols is 1. The van der Waals surface area contributed by atoms with Crippen molar-refractivity contribution in [3.8, 4) is 5.75 Å². The van der Waals surface area contributed by atoms with Gasteiger partial charge in [-0.2, -0.15) is 0 Å². The van der Waals surface area contributed by atoms with E-state index < -0.39 is 5.82 Å². The second-order valence-corrected chi connectivity index (χ2v) is 5.28. The van der Waals surface area contributed by atoms with Gasteiger partial charge in [0.15, 0.2) is 0 Å². The molecule has 0 amide bonds. The molecule has 19 heavy (non-hydrogen) atoms. The fourth-order valence-electron chi connectivity index (χ4n) is 1.71. The minimum Gasteiger partial charge on any atom is -0.507 e. The lowest BCUT2D eigenvalue weighted by molar-refractivity contribution is 0.459. The van der Waals surface area contributed by atoms with Crippen molar-refractivity contribution in [2.45, 2.75) is 13.0 Å². The smallest absolute Gasteiger partial charge is 0.143 e. The summed E-state index contributed by atoms with van der Waals surface area (Å²) in [5.74, 6) is -0.551. The lowest BCUT2D eigenvalue weighted by Crippen LogP contribution is -2.07. The third-order valence-electron chi connectivity index (χ3n) is 2.64. The molecule has 3 nitrogen and oxygen atoms in total. The molecule has 0 spiro atoms. The van der Waals surface area contributed by atoms with Crippen LogP contribution in [0.1, 0.15) is 18.5 Å². The summed E-state index contributed by atoms with van der Waals surface area (Å²) in [6, 6.07) is 5.52. The third-order valence-corrected chi connectivity index (χ3v) is 3.77. The van der Waals surface area contributed by atoms with E-state index in [1.165, 1.54) is 6.07 Å². The highest BCUT2D eigenvalue weighted by Crippen LogP contribution is 2.29. The highest BCUT2D eigenvalue weighted by atomic mass is 79.9. The first kappa shape index (κ1) is 14.1. The van der Waals surface area contributed by atoms with Gasteiger partial charge in [0.05, 0.1) is 22.4 Å². The van der Waals surface area contributed by atoms with Crippen molar-refractivity contribution in [2.24, 2.45) is 0 Å². The summed E-state index contributed by atoms with van der Waals surface area (Å²) in [6.07, 6.45) is 1.59. The Labute approximate surface area is 123 Å². The van der Waals surface area contributed by atoms with Gasteiger partial charge in [0.1, 0.15) is 16.7 Å². The molecule has 6 heteroatoms. The molecule has 100 valence electrons. The summed E-state index contributed by atoms with van der Waals surface area (Å²) >= 11 is 9.09. The van der Waals surface area contributed by atoms with E-state index >= 15 is 0 Å². The number of rotatable bonds is 3. The van der Waals surface area contributed by atoms with E-state index in [4.69, 9.17) is 11.6 Å². The Balaban J connectivity index is 2.20. The number of phenolic OH excluding ortho intramolecular Hbond substituents is 1. The molecule has 0 aliphatic rings. The van der Waals surface area contributed by atoms with Crippen LogP contribution in [0.4, 0.5) is 10.1 Å². The van der Waals surface area contributed by atoms with Gasteiger partial charge < -0.3 is 10.4 Å². The average Bonchev–Trinajstić information content (AvgIpc) is 2.33. The van der Waals surface area contributed by atoms with Crippen LogP contribution in [0.3, 0.4) is 0 Å². The van der Waals surface area contributed by atoms with E-state index in [1.54, 1.807) is 18.3 Å². The van der Waals surface area contributed by atoms with Crippen LogP contribution in [0.2, 0.25) is 5.15 Å². The van der Waals surface area contributed by atoms with Gasteiger partial charge in [0, 0.05) is 11.6 Å². The van der Waals surface area contributed by atoms with Crippen LogP contribution >= 0.6 is 27.5 Å². The molecule has 1 aromatic heterocycles. The Morgan fingerprint density at radius 3 is 2.79 bits per heavy atom. The fraction of sp³-hybridized carbons (Fsp3) is 0.154. The van der Waals surface area contributed by atoms with Crippen molar-refractivity contribution in [3.63, 3.8) is 0 Å². The summed E-state index contributed by atoms with van der Waals surface area (Å²) in [7, 11) is 0. The normalized spacial score (nSPS) is 12.2. The highest BCUT2D eigenvalue weighted by molar-refractivity contribution is 9.10. The zero-order chi connectivity index (χ0) is 14.0. The second-order valence-electron chi connectivity index (χ2n) is 4.07. The molecule has 0 aliphatic carbocycles. The van der Waals surface area contributed by atoms with Gasteiger partial charge in [-0.1, -0.05) is 17.7 Å². The zero-order valence-corrected chi connectivity index (χ0v) is 12.3. The van der Waals surface area contributed by atoms with Crippen LogP contribution in [0.25, 0.3) is 0 Å². The highest BCUT2D eigenvalue weighted by Gasteiger charge is 2.11. The predicted molar refractivity (Wildman–Crippen MR) is 77.0 cm³/mol. The zero-order valence-electron chi connectivity index (χ0n) is 9.99. The van der Waals surface area contributed by atoms with Crippen molar-refractivity contribution in [3.05, 3.63) is 51.5 Å². The Morgan fingerprint density at radius 2 is 2.16 bits per heavy atom. The van der Waals surface area contributed by atoms with E-state index in [-0.39, 0.29) is 11.8 Å². The Kier molecular flexibility index (Phi) is 4.27. The largest absolute Gasteiger partial charge is 0.507 e. The minimum absolute atomic E-state index is 0.0824. The molecular weight excluding hydrogens is 335 g/mol. The molecule has 0 fully saturated rings. The van der Waals surface area contributed by atoms with Crippen LogP contribution in [0, 0.1) is 5.82 Å². The van der Waals surface area contributed by atoms with Gasteiger partial charge in [-0.25, -0.2) is 9.37 Å². The van der Waals surface area contributed by atoms with Crippen molar-refractivity contribution < 1.29 is 9.50 Å². The van der Waals surface area contributed by atoms with Gasteiger partial charge in [-0.05, 0) is 35.0 Å². The number of nitrogens with one attached hydrogen (secondary N) is 1. The monoisotopic (exact) mass is 344 g/mol. The number of anilines is 1. The maximum atomic E-state index is 12.9. The molecule has 0 saturated heterocycles. The summed E-state index contributed by atoms with van der Waals surface area (Å²) in [4.78, 5) is 4.00. The molecule has 2 rings (SSSR count). The second kappa shape index (κ2) is 5.75. The van der Waals surface area contributed by atoms with Crippen molar-refractivity contribution >= 4 is 33.2 Å². The van der Waals surface area contributed by atoms with E-state index in [2.05, 4.69) is 26.2 Å². The van der Waals surface area contributed by atoms with Crippen LogP contribution in [-0.4, -0.2) is 10.1 Å². The molecule has 2 aromatic rings. The lowest BCUT2D eigenvalue weighted by Gasteiger charge is -2.17. The maximum Gasteiger partial charge on any atom is 0.143 e. The first-order valence-corrected chi connectivity index (χ1v) is 6.70. The first-order valence-electron chi connectivity index (χ1n) is 5.53. The van der Waals surface area contributed by atoms with Crippen molar-refractivity contribution in [1.29, 1.82) is 0 Å². The molecule has 0 bridgehead atoms. The van der Waals surface area contributed by atoms with Crippen LogP contribution < -0.4 is 5.32 Å². The molecule has 1 heterocycles. The Bertz CT molecular complexity index is 609. The van der Waals surface area contributed by atoms with Crippen molar-refractivity contribution in [1.82, 2.24) is 4.98 Å². The maximum absolute atomic E-state index is 12.9. The standard InChI is InChI=1S/C13H11BrClFN2O/c1-7(10-3-2-8(16)4-12(10)19)18-9-5-11(14)13(15)17-6-9/h2-7,18-19H,1H3. The number of aromatic hydroxyl groups is 1. The molecule has 0 saturated carbocycles. The summed E-state index contributed by atoms with van der Waals surface area (Å²) < 4.78 is 13.6. The van der Waals surface area contributed by atoms with E-state index in [1.807, 2.05) is 6.92 Å². The molecule has 1 aromatic carbocycles. The average molecular weight is 346 g/mol. The van der Waals surface area contributed by atoms with Crippen LogP contribution in [-0.2, 0) is 0 Å². The number of benzene rings is 1. The Morgan fingerprint density at radius 1 is 1.42 bits per heavy atom. The SMILES string of the molecule is CC(Nc1cnc(Cl)c(Br)c1)c1ccc(F)cc1O. The molecule has 0 radical (unpaired) electrons. The lowest BCUT2D eigenvalue weighted by atomic mass is 10.1. The fourth-order valence-corrected chi connectivity index (χ4v) is 2.16. The van der Waals surface area contributed by atoms with E-state index in [0.29, 0.717) is 15.2 Å². The topological polar surface area (TPSA) is 45.2 Å². The number of halogens is 3. The number of aromatic nitrogens is 1. The van der Waals surface area contributed by atoms with Crippen molar-refractivity contribution in [2.75, 3.05) is 5.32 Å². The molecule has 1 atom stereocenters. The third kappa shape index (κ3) is 3.36. The van der Waals surface area contributed by atoms with Crippen LogP contribution in [0.15, 0.2) is 34.9 Å².